The molecule has 0 aliphatic heterocycles. The summed E-state index contributed by atoms with van der Waals surface area (Å²) in [5.41, 5.74) is 6.23. The highest BCUT2D eigenvalue weighted by Crippen LogP contribution is 2.49. The molecular formula is C19H10N2O2. The van der Waals surface area contributed by atoms with Crippen LogP contribution in [0.15, 0.2) is 54.9 Å². The maximum atomic E-state index is 11.5. The van der Waals surface area contributed by atoms with Crippen molar-refractivity contribution in [3.05, 3.63) is 60.4 Å². The molecule has 0 radical (unpaired) electrons. The van der Waals surface area contributed by atoms with Gasteiger partial charge in [0, 0.05) is 18.0 Å². The van der Waals surface area contributed by atoms with Crippen LogP contribution >= 0.6 is 0 Å². The van der Waals surface area contributed by atoms with Crippen LogP contribution in [-0.4, -0.2) is 21.0 Å². The van der Waals surface area contributed by atoms with Crippen LogP contribution in [0.5, 0.6) is 0 Å². The summed E-state index contributed by atoms with van der Waals surface area (Å²) in [6.07, 6.45) is 3.37. The molecule has 0 bridgehead atoms. The summed E-state index contributed by atoms with van der Waals surface area (Å²) in [6.45, 7) is 0. The quantitative estimate of drug-likeness (QED) is 0.505. The number of hydrogen-bond donors (Lipinski definition) is 1. The Labute approximate surface area is 131 Å². The van der Waals surface area contributed by atoms with Gasteiger partial charge in [-0.15, -0.1) is 0 Å². The van der Waals surface area contributed by atoms with Crippen molar-refractivity contribution in [2.24, 2.45) is 0 Å². The topological polar surface area (TPSA) is 63.1 Å². The molecule has 0 unspecified atom stereocenters. The van der Waals surface area contributed by atoms with Crippen molar-refractivity contribution >= 4 is 27.8 Å². The predicted octanol–water partition coefficient (Wildman–Crippen LogP) is 4.13. The zero-order valence-corrected chi connectivity index (χ0v) is 11.9. The molecule has 0 fully saturated rings. The summed E-state index contributed by atoms with van der Waals surface area (Å²) in [7, 11) is 0. The highest BCUT2D eigenvalue weighted by atomic mass is 16.4. The van der Waals surface area contributed by atoms with Crippen molar-refractivity contribution in [2.45, 2.75) is 0 Å². The van der Waals surface area contributed by atoms with Gasteiger partial charge in [-0.25, -0.2) is 4.79 Å². The molecule has 1 heterocycles. The fourth-order valence-electron chi connectivity index (χ4n) is 3.56. The number of fused-ring (bicyclic) bond motifs is 5. The summed E-state index contributed by atoms with van der Waals surface area (Å²) >= 11 is 0. The first-order valence-corrected chi connectivity index (χ1v) is 7.29. The lowest BCUT2D eigenvalue weighted by Crippen LogP contribution is -1.97. The van der Waals surface area contributed by atoms with Crippen LogP contribution in [-0.2, 0) is 0 Å². The molecule has 0 saturated carbocycles. The van der Waals surface area contributed by atoms with Crippen LogP contribution in [0, 0.1) is 0 Å². The summed E-state index contributed by atoms with van der Waals surface area (Å²) in [6, 6.07) is 13.4. The van der Waals surface area contributed by atoms with Gasteiger partial charge < -0.3 is 5.11 Å². The number of hydrogen-bond acceptors (Lipinski definition) is 3. The predicted molar refractivity (Wildman–Crippen MR) is 88.4 cm³/mol. The molecule has 1 aliphatic rings. The Morgan fingerprint density at radius 1 is 0.870 bits per heavy atom. The molecule has 1 N–H and O–H groups in total. The highest BCUT2D eigenvalue weighted by Gasteiger charge is 2.25. The Bertz CT molecular complexity index is 1150. The monoisotopic (exact) mass is 298 g/mol. The van der Waals surface area contributed by atoms with Crippen molar-refractivity contribution in [3.63, 3.8) is 0 Å². The third kappa shape index (κ3) is 1.47. The van der Waals surface area contributed by atoms with E-state index in [9.17, 15) is 9.90 Å². The summed E-state index contributed by atoms with van der Waals surface area (Å²) in [5, 5.41) is 11.2. The highest BCUT2D eigenvalue weighted by molar-refractivity contribution is 6.22. The van der Waals surface area contributed by atoms with E-state index < -0.39 is 5.97 Å². The Morgan fingerprint density at radius 2 is 1.70 bits per heavy atom. The van der Waals surface area contributed by atoms with E-state index >= 15 is 0 Å². The average molecular weight is 298 g/mol. The fourth-order valence-corrected chi connectivity index (χ4v) is 3.56. The summed E-state index contributed by atoms with van der Waals surface area (Å²) < 4.78 is 0. The van der Waals surface area contributed by atoms with Gasteiger partial charge in [-0.2, -0.15) is 0 Å². The third-order valence-corrected chi connectivity index (χ3v) is 4.47. The van der Waals surface area contributed by atoms with Crippen LogP contribution in [0.25, 0.3) is 44.1 Å². The average Bonchev–Trinajstić information content (AvgIpc) is 2.91. The SMILES string of the molecule is O=C(O)c1ccc2c3c(cccc13)-c1c-2ccc2nccnc12. The van der Waals surface area contributed by atoms with Gasteiger partial charge in [0.15, 0.2) is 0 Å². The van der Waals surface area contributed by atoms with Gasteiger partial charge in [0.25, 0.3) is 0 Å². The van der Waals surface area contributed by atoms with E-state index in [1.165, 1.54) is 0 Å². The van der Waals surface area contributed by atoms with E-state index in [0.29, 0.717) is 5.56 Å². The number of rotatable bonds is 1. The number of carboxylic acid groups (broad SMARTS) is 1. The van der Waals surface area contributed by atoms with Crippen LogP contribution < -0.4 is 0 Å². The van der Waals surface area contributed by atoms with Crippen LogP contribution in [0.4, 0.5) is 0 Å². The molecule has 4 nitrogen and oxygen atoms in total. The molecule has 23 heavy (non-hydrogen) atoms. The minimum Gasteiger partial charge on any atom is -0.478 e. The van der Waals surface area contributed by atoms with Crippen molar-refractivity contribution < 1.29 is 9.90 Å². The van der Waals surface area contributed by atoms with Crippen LogP contribution in [0.3, 0.4) is 0 Å². The molecule has 1 aromatic heterocycles. The maximum Gasteiger partial charge on any atom is 0.336 e. The smallest absolute Gasteiger partial charge is 0.336 e. The first-order valence-electron chi connectivity index (χ1n) is 7.29. The number of carboxylic acids is 1. The fraction of sp³-hybridized carbons (Fsp3) is 0. The Morgan fingerprint density at radius 3 is 2.57 bits per heavy atom. The minimum absolute atomic E-state index is 0.328. The van der Waals surface area contributed by atoms with Gasteiger partial charge in [0.1, 0.15) is 0 Å². The lowest BCUT2D eigenvalue weighted by atomic mass is 9.98. The molecule has 0 saturated heterocycles. The normalized spacial score (nSPS) is 11.8. The molecule has 108 valence electrons. The largest absolute Gasteiger partial charge is 0.478 e. The molecule has 0 amide bonds. The van der Waals surface area contributed by atoms with Gasteiger partial charge in [-0.05, 0) is 39.6 Å². The van der Waals surface area contributed by atoms with Crippen molar-refractivity contribution in [2.75, 3.05) is 0 Å². The second-order valence-electron chi connectivity index (χ2n) is 5.61. The summed E-state index contributed by atoms with van der Waals surface area (Å²) in [5.74, 6) is -0.908. The van der Waals surface area contributed by atoms with E-state index in [1.807, 2.05) is 36.4 Å². The first kappa shape index (κ1) is 12.3. The molecule has 0 atom stereocenters. The van der Waals surface area contributed by atoms with E-state index in [0.717, 1.165) is 44.1 Å². The van der Waals surface area contributed by atoms with E-state index in [1.54, 1.807) is 18.5 Å². The van der Waals surface area contributed by atoms with E-state index in [4.69, 9.17) is 0 Å². The number of aromatic nitrogens is 2. The Kier molecular flexibility index (Phi) is 2.21. The van der Waals surface area contributed by atoms with Gasteiger partial charge in [-0.1, -0.05) is 30.3 Å². The zero-order valence-electron chi connectivity index (χ0n) is 11.9. The number of carbonyl (C=O) groups is 1. The van der Waals surface area contributed by atoms with Gasteiger partial charge in [0.05, 0.1) is 16.6 Å². The lowest BCUT2D eigenvalue weighted by molar-refractivity contribution is 0.0699. The van der Waals surface area contributed by atoms with Crippen molar-refractivity contribution in [1.29, 1.82) is 0 Å². The molecular weight excluding hydrogens is 288 g/mol. The molecule has 5 rings (SSSR count). The number of aromatic carboxylic acids is 1. The second-order valence-corrected chi connectivity index (χ2v) is 5.61. The standard InChI is InChI=1S/C19H10N2O2/c22-19(23)13-5-4-11-12-6-7-15-18(21-9-8-20-15)17(12)14-3-1-2-10(13)16(11)14/h1-9H,(H,22,23). The number of benzene rings is 3. The van der Waals surface area contributed by atoms with Gasteiger partial charge in [-0.3, -0.25) is 9.97 Å². The maximum absolute atomic E-state index is 11.5. The van der Waals surface area contributed by atoms with E-state index in [-0.39, 0.29) is 0 Å². The number of nitrogens with zero attached hydrogens (tertiary/aromatic N) is 2. The van der Waals surface area contributed by atoms with Crippen molar-refractivity contribution in [3.8, 4) is 22.3 Å². The Balaban J connectivity index is 2.01. The van der Waals surface area contributed by atoms with Crippen LogP contribution in [0.1, 0.15) is 10.4 Å². The molecule has 4 heteroatoms. The molecule has 0 spiro atoms. The van der Waals surface area contributed by atoms with Crippen LogP contribution in [0.2, 0.25) is 0 Å². The Hall–Kier alpha value is -3.27. The minimum atomic E-state index is -0.908. The van der Waals surface area contributed by atoms with E-state index in [2.05, 4.69) is 9.97 Å². The van der Waals surface area contributed by atoms with Crippen molar-refractivity contribution in [1.82, 2.24) is 9.97 Å². The first-order chi connectivity index (χ1) is 11.3. The van der Waals surface area contributed by atoms with Gasteiger partial charge in [0.2, 0.25) is 0 Å². The lowest BCUT2D eigenvalue weighted by Gasteiger charge is -2.05. The third-order valence-electron chi connectivity index (χ3n) is 4.47. The molecule has 3 aromatic carbocycles. The van der Waals surface area contributed by atoms with Gasteiger partial charge >= 0.3 is 5.97 Å². The second kappa shape index (κ2) is 4.14. The molecule has 4 aromatic rings. The zero-order chi connectivity index (χ0) is 15.6. The summed E-state index contributed by atoms with van der Waals surface area (Å²) in [4.78, 5) is 20.4. The molecule has 1 aliphatic carbocycles.